The Morgan fingerprint density at radius 2 is 1.50 bits per heavy atom. The van der Waals surface area contributed by atoms with Gasteiger partial charge in [-0.2, -0.15) is 0 Å². The lowest BCUT2D eigenvalue weighted by Gasteiger charge is -2.20. The number of hydrogen-bond donors (Lipinski definition) is 0. The van der Waals surface area contributed by atoms with Gasteiger partial charge in [0.05, 0.1) is 0 Å². The van der Waals surface area contributed by atoms with Gasteiger partial charge in [-0.1, -0.05) is 80.6 Å². The Balaban J connectivity index is 1.97. The number of benzene rings is 2. The first kappa shape index (κ1) is 16.6. The van der Waals surface area contributed by atoms with Crippen LogP contribution in [-0.2, 0) is 0 Å². The van der Waals surface area contributed by atoms with E-state index in [0.29, 0.717) is 0 Å². The topological polar surface area (TPSA) is 9.23 Å². The number of rotatable bonds is 9. The molecule has 0 amide bonds. The molecule has 0 radical (unpaired) electrons. The molecule has 0 saturated heterocycles. The highest BCUT2D eigenvalue weighted by Gasteiger charge is 2.12. The molecule has 0 aromatic heterocycles. The SMILES string of the molecule is CCCCCCCC(Oc1ccc(C)cc1)c1ccccc1. The van der Waals surface area contributed by atoms with Crippen LogP contribution < -0.4 is 4.74 Å². The lowest BCUT2D eigenvalue weighted by molar-refractivity contribution is 0.190. The van der Waals surface area contributed by atoms with Crippen molar-refractivity contribution in [2.24, 2.45) is 0 Å². The summed E-state index contributed by atoms with van der Waals surface area (Å²) in [4.78, 5) is 0. The molecular formula is C21H28O. The van der Waals surface area contributed by atoms with E-state index < -0.39 is 0 Å². The van der Waals surface area contributed by atoms with Gasteiger partial charge in [0, 0.05) is 0 Å². The van der Waals surface area contributed by atoms with Crippen LogP contribution in [0.3, 0.4) is 0 Å². The standard InChI is InChI=1S/C21H28O/c1-3-4-5-6-10-13-21(19-11-8-7-9-12-19)22-20-16-14-18(2)15-17-20/h7-9,11-12,14-17,21H,3-6,10,13H2,1-2H3. The van der Waals surface area contributed by atoms with Crippen molar-refractivity contribution < 1.29 is 4.74 Å². The molecule has 1 atom stereocenters. The Kier molecular flexibility index (Phi) is 7.02. The molecule has 0 bridgehead atoms. The zero-order chi connectivity index (χ0) is 15.6. The first-order chi connectivity index (χ1) is 10.8. The molecule has 1 unspecified atom stereocenters. The molecular weight excluding hydrogens is 268 g/mol. The van der Waals surface area contributed by atoms with Gasteiger partial charge in [0.15, 0.2) is 0 Å². The average molecular weight is 296 g/mol. The fourth-order valence-electron chi connectivity index (χ4n) is 2.68. The van der Waals surface area contributed by atoms with Crippen LogP contribution in [0.2, 0.25) is 0 Å². The van der Waals surface area contributed by atoms with Crippen molar-refractivity contribution >= 4 is 0 Å². The van der Waals surface area contributed by atoms with E-state index in [-0.39, 0.29) is 6.10 Å². The number of aryl methyl sites for hydroxylation is 1. The second-order valence-electron chi connectivity index (χ2n) is 6.03. The molecule has 22 heavy (non-hydrogen) atoms. The summed E-state index contributed by atoms with van der Waals surface area (Å²) >= 11 is 0. The molecule has 0 fully saturated rings. The van der Waals surface area contributed by atoms with E-state index in [1.54, 1.807) is 0 Å². The molecule has 0 heterocycles. The first-order valence-electron chi connectivity index (χ1n) is 8.58. The van der Waals surface area contributed by atoms with Crippen molar-refractivity contribution in [2.75, 3.05) is 0 Å². The van der Waals surface area contributed by atoms with E-state index in [1.807, 2.05) is 0 Å². The zero-order valence-corrected chi connectivity index (χ0v) is 13.9. The highest BCUT2D eigenvalue weighted by molar-refractivity contribution is 5.28. The predicted molar refractivity (Wildman–Crippen MR) is 94.4 cm³/mol. The molecule has 0 aliphatic heterocycles. The van der Waals surface area contributed by atoms with Gasteiger partial charge in [-0.05, 0) is 37.5 Å². The van der Waals surface area contributed by atoms with Crippen molar-refractivity contribution in [3.05, 3.63) is 65.7 Å². The zero-order valence-electron chi connectivity index (χ0n) is 13.9. The van der Waals surface area contributed by atoms with Gasteiger partial charge in [-0.3, -0.25) is 0 Å². The van der Waals surface area contributed by atoms with Crippen LogP contribution in [0.1, 0.15) is 62.7 Å². The minimum atomic E-state index is 0.158. The summed E-state index contributed by atoms with van der Waals surface area (Å²) in [6, 6.07) is 19.0. The van der Waals surface area contributed by atoms with E-state index in [9.17, 15) is 0 Å². The highest BCUT2D eigenvalue weighted by atomic mass is 16.5. The second-order valence-corrected chi connectivity index (χ2v) is 6.03. The summed E-state index contributed by atoms with van der Waals surface area (Å²) in [6.07, 6.45) is 7.74. The smallest absolute Gasteiger partial charge is 0.124 e. The Morgan fingerprint density at radius 1 is 0.818 bits per heavy atom. The van der Waals surface area contributed by atoms with Gasteiger partial charge in [-0.25, -0.2) is 0 Å². The summed E-state index contributed by atoms with van der Waals surface area (Å²) in [5, 5.41) is 0. The normalized spacial score (nSPS) is 12.1. The Labute approximate surface area is 135 Å². The van der Waals surface area contributed by atoms with Gasteiger partial charge in [0.2, 0.25) is 0 Å². The van der Waals surface area contributed by atoms with Gasteiger partial charge < -0.3 is 4.74 Å². The molecule has 1 heteroatoms. The lowest BCUT2D eigenvalue weighted by Crippen LogP contribution is -2.07. The van der Waals surface area contributed by atoms with Crippen LogP contribution in [0.25, 0.3) is 0 Å². The van der Waals surface area contributed by atoms with Crippen molar-refractivity contribution in [3.8, 4) is 5.75 Å². The number of unbranched alkanes of at least 4 members (excludes halogenated alkanes) is 4. The van der Waals surface area contributed by atoms with Crippen LogP contribution in [0.15, 0.2) is 54.6 Å². The molecule has 0 N–H and O–H groups in total. The van der Waals surface area contributed by atoms with E-state index in [2.05, 4.69) is 68.4 Å². The minimum absolute atomic E-state index is 0.158. The van der Waals surface area contributed by atoms with E-state index >= 15 is 0 Å². The summed E-state index contributed by atoms with van der Waals surface area (Å²) in [5.41, 5.74) is 2.54. The van der Waals surface area contributed by atoms with Crippen molar-refractivity contribution in [1.82, 2.24) is 0 Å². The van der Waals surface area contributed by atoms with Crippen LogP contribution in [-0.4, -0.2) is 0 Å². The Hall–Kier alpha value is -1.76. The average Bonchev–Trinajstić information content (AvgIpc) is 2.56. The molecule has 0 saturated carbocycles. The summed E-state index contributed by atoms with van der Waals surface area (Å²) in [5.74, 6) is 0.966. The molecule has 2 aromatic rings. The third kappa shape index (κ3) is 5.55. The second kappa shape index (κ2) is 9.30. The van der Waals surface area contributed by atoms with Gasteiger partial charge in [0.25, 0.3) is 0 Å². The molecule has 0 aliphatic rings. The molecule has 2 rings (SSSR count). The molecule has 0 aliphatic carbocycles. The van der Waals surface area contributed by atoms with E-state index in [0.717, 1.165) is 12.2 Å². The minimum Gasteiger partial charge on any atom is -0.486 e. The van der Waals surface area contributed by atoms with Crippen molar-refractivity contribution in [2.45, 2.75) is 58.5 Å². The van der Waals surface area contributed by atoms with Crippen LogP contribution in [0.5, 0.6) is 5.75 Å². The molecule has 118 valence electrons. The fourth-order valence-corrected chi connectivity index (χ4v) is 2.68. The first-order valence-corrected chi connectivity index (χ1v) is 8.58. The largest absolute Gasteiger partial charge is 0.486 e. The molecule has 0 spiro atoms. The fraction of sp³-hybridized carbons (Fsp3) is 0.429. The van der Waals surface area contributed by atoms with E-state index in [4.69, 9.17) is 4.74 Å². The van der Waals surface area contributed by atoms with Gasteiger partial charge >= 0.3 is 0 Å². The maximum absolute atomic E-state index is 6.26. The number of hydrogen-bond acceptors (Lipinski definition) is 1. The van der Waals surface area contributed by atoms with E-state index in [1.165, 1.54) is 43.2 Å². The third-order valence-corrected chi connectivity index (χ3v) is 4.04. The van der Waals surface area contributed by atoms with Gasteiger partial charge in [-0.15, -0.1) is 0 Å². The quantitative estimate of drug-likeness (QED) is 0.481. The van der Waals surface area contributed by atoms with Crippen LogP contribution in [0, 0.1) is 6.92 Å². The maximum atomic E-state index is 6.26. The monoisotopic (exact) mass is 296 g/mol. The van der Waals surface area contributed by atoms with Crippen LogP contribution in [0.4, 0.5) is 0 Å². The number of ether oxygens (including phenoxy) is 1. The van der Waals surface area contributed by atoms with Crippen molar-refractivity contribution in [3.63, 3.8) is 0 Å². The maximum Gasteiger partial charge on any atom is 0.124 e. The third-order valence-electron chi connectivity index (χ3n) is 4.04. The predicted octanol–water partition coefficient (Wildman–Crippen LogP) is 6.48. The summed E-state index contributed by atoms with van der Waals surface area (Å²) in [7, 11) is 0. The highest BCUT2D eigenvalue weighted by Crippen LogP contribution is 2.27. The molecule has 2 aromatic carbocycles. The summed E-state index contributed by atoms with van der Waals surface area (Å²) in [6.45, 7) is 4.36. The summed E-state index contributed by atoms with van der Waals surface area (Å²) < 4.78 is 6.26. The lowest BCUT2D eigenvalue weighted by atomic mass is 10.0. The Bertz CT molecular complexity index is 515. The van der Waals surface area contributed by atoms with Crippen molar-refractivity contribution in [1.29, 1.82) is 0 Å². The Morgan fingerprint density at radius 3 is 2.18 bits per heavy atom. The molecule has 1 nitrogen and oxygen atoms in total. The van der Waals surface area contributed by atoms with Gasteiger partial charge in [0.1, 0.15) is 11.9 Å². The van der Waals surface area contributed by atoms with Crippen LogP contribution >= 0.6 is 0 Å².